The molecule has 0 aromatic rings. The Morgan fingerprint density at radius 3 is 1.79 bits per heavy atom. The number of ether oxygens (including phenoxy) is 2. The van der Waals surface area contributed by atoms with E-state index in [4.69, 9.17) is 14.0 Å². The molecule has 0 radical (unpaired) electrons. The summed E-state index contributed by atoms with van der Waals surface area (Å²) in [6.45, 7) is 15.3. The van der Waals surface area contributed by atoms with Gasteiger partial charge in [-0.2, -0.15) is 0 Å². The van der Waals surface area contributed by atoms with E-state index in [9.17, 15) is 19.7 Å². The van der Waals surface area contributed by atoms with Gasteiger partial charge in [-0.3, -0.25) is 21.3 Å². The topological polar surface area (TPSA) is 155 Å². The molecule has 134 valence electrons. The van der Waals surface area contributed by atoms with E-state index in [1.165, 1.54) is 7.11 Å². The van der Waals surface area contributed by atoms with Crippen molar-refractivity contribution >= 4 is 11.9 Å². The summed E-state index contributed by atoms with van der Waals surface area (Å²) in [6.07, 6.45) is 1.98. The van der Waals surface area contributed by atoms with Crippen molar-refractivity contribution in [3.63, 3.8) is 0 Å². The fourth-order valence-electron chi connectivity index (χ4n) is 1.45. The molecular formula is C13H16FeNO9+. The Hall–Kier alpha value is -2.05. The molecule has 0 heterocycles. The van der Waals surface area contributed by atoms with Crippen LogP contribution in [0.4, 0.5) is 0 Å². The van der Waals surface area contributed by atoms with E-state index in [2.05, 4.69) is 29.4 Å². The minimum absolute atomic E-state index is 0. The first-order valence-electron chi connectivity index (χ1n) is 5.73. The summed E-state index contributed by atoms with van der Waals surface area (Å²) in [5.74, 6) is -2.48. The third-order valence-electron chi connectivity index (χ3n) is 2.25. The van der Waals surface area contributed by atoms with Gasteiger partial charge >= 0.3 is 56.9 Å². The summed E-state index contributed by atoms with van der Waals surface area (Å²) >= 11 is 0. The predicted octanol–water partition coefficient (Wildman–Crippen LogP) is 0.483. The first-order valence-corrected chi connectivity index (χ1v) is 5.73. The molecule has 24 heavy (non-hydrogen) atoms. The number of carbonyl (C=O) groups excluding carboxylic acids is 2. The summed E-state index contributed by atoms with van der Waals surface area (Å²) in [5, 5.41) is 10.8. The van der Waals surface area contributed by atoms with E-state index in [1.807, 2.05) is 0 Å². The van der Waals surface area contributed by atoms with Gasteiger partial charge in [0.2, 0.25) is 0 Å². The third-order valence-corrected chi connectivity index (χ3v) is 2.25. The average molecular weight is 386 g/mol. The van der Waals surface area contributed by atoms with Crippen molar-refractivity contribution in [3.05, 3.63) is 36.5 Å². The molecule has 0 saturated carbocycles. The summed E-state index contributed by atoms with van der Waals surface area (Å²) < 4.78 is 31.3. The van der Waals surface area contributed by atoms with Crippen LogP contribution < -0.4 is 0 Å². The number of esters is 2. The molecule has 0 rings (SSSR count). The molecule has 0 fully saturated rings. The Labute approximate surface area is 150 Å². The number of rotatable bonds is 7. The van der Waals surface area contributed by atoms with E-state index in [0.29, 0.717) is 12.8 Å². The standard InChI is InChI=1S/C10H16NO6.3CO.Fe/c1-4-5-7(6-8(12)16-2)9(11(14)15)10(13)17-3;3*1-2;/h6-7,9H,4-5H2,1-3H3;;;;/q-1;;;;+2/t7-,9+;;;;/m1..../s1. The molecule has 11 heteroatoms. The Morgan fingerprint density at radius 1 is 1.12 bits per heavy atom. The molecule has 0 aliphatic carbocycles. The van der Waals surface area contributed by atoms with Crippen LogP contribution in [0.1, 0.15) is 19.8 Å². The Balaban J connectivity index is -0.000000153. The molecule has 0 aliphatic rings. The van der Waals surface area contributed by atoms with Crippen LogP contribution in [0.3, 0.4) is 0 Å². The van der Waals surface area contributed by atoms with Crippen LogP contribution in [0.25, 0.3) is 0 Å². The molecule has 10 nitrogen and oxygen atoms in total. The van der Waals surface area contributed by atoms with Gasteiger partial charge in [0, 0.05) is 4.92 Å². The molecular weight excluding hydrogens is 370 g/mol. The van der Waals surface area contributed by atoms with E-state index in [1.54, 1.807) is 6.92 Å². The maximum absolute atomic E-state index is 11.3. The number of hydrogen-bond donors (Lipinski definition) is 0. The molecule has 0 aliphatic heterocycles. The van der Waals surface area contributed by atoms with Gasteiger partial charge in [-0.25, -0.2) is 4.79 Å². The fraction of sp³-hybridized carbons (Fsp3) is 0.538. The Morgan fingerprint density at radius 2 is 1.54 bits per heavy atom. The third kappa shape index (κ3) is 16.3. The predicted molar refractivity (Wildman–Crippen MR) is 69.3 cm³/mol. The molecule has 0 N–H and O–H groups in total. The van der Waals surface area contributed by atoms with Crippen molar-refractivity contribution in [2.75, 3.05) is 14.2 Å². The molecule has 0 spiro atoms. The molecule has 0 saturated heterocycles. The molecule has 0 unspecified atom stereocenters. The number of hydrogen-bond acceptors (Lipinski definition) is 6. The van der Waals surface area contributed by atoms with Gasteiger partial charge in [0.15, 0.2) is 5.97 Å². The average Bonchev–Trinajstić information content (AvgIpc) is 2.59. The fourth-order valence-corrected chi connectivity index (χ4v) is 1.45. The summed E-state index contributed by atoms with van der Waals surface area (Å²) in [5.41, 5.74) is 0. The summed E-state index contributed by atoms with van der Waals surface area (Å²) in [7, 11) is 2.24. The van der Waals surface area contributed by atoms with Crippen LogP contribution in [0.15, 0.2) is 0 Å². The van der Waals surface area contributed by atoms with Crippen molar-refractivity contribution in [3.8, 4) is 0 Å². The van der Waals surface area contributed by atoms with Gasteiger partial charge in [-0.05, 0) is 0 Å². The first-order chi connectivity index (χ1) is 11.0. The minimum atomic E-state index is -1.57. The number of methoxy groups -OCH3 is 2. The zero-order valence-corrected chi connectivity index (χ0v) is 14.2. The first kappa shape index (κ1) is 33.5. The van der Waals surface area contributed by atoms with Crippen molar-refractivity contribution in [1.29, 1.82) is 0 Å². The molecule has 0 aromatic carbocycles. The van der Waals surface area contributed by atoms with Crippen LogP contribution in [0, 0.1) is 42.4 Å². The number of nitrogens with zero attached hydrogens (tertiary/aromatic N) is 1. The van der Waals surface area contributed by atoms with E-state index >= 15 is 0 Å². The van der Waals surface area contributed by atoms with E-state index in [-0.39, 0.29) is 17.1 Å². The number of carbonyl (C=O) groups is 2. The van der Waals surface area contributed by atoms with Crippen LogP contribution in [-0.2, 0) is 50.1 Å². The molecule has 0 amide bonds. The zero-order chi connectivity index (χ0) is 19.4. The van der Waals surface area contributed by atoms with Crippen LogP contribution in [-0.4, -0.2) is 37.1 Å². The van der Waals surface area contributed by atoms with Crippen molar-refractivity contribution in [1.82, 2.24) is 0 Å². The maximum atomic E-state index is 11.3. The Bertz CT molecular complexity index is 392. The van der Waals surface area contributed by atoms with Crippen LogP contribution in [0.2, 0.25) is 0 Å². The van der Waals surface area contributed by atoms with Crippen LogP contribution in [0.5, 0.6) is 0 Å². The van der Waals surface area contributed by atoms with Gasteiger partial charge in [-0.15, -0.1) is 0 Å². The number of nitro groups is 1. The van der Waals surface area contributed by atoms with Crippen molar-refractivity contribution < 1.29 is 55.0 Å². The second kappa shape index (κ2) is 25.9. The maximum Gasteiger partial charge on any atom is 2.00 e. The van der Waals surface area contributed by atoms with Crippen LogP contribution >= 0.6 is 0 Å². The van der Waals surface area contributed by atoms with Gasteiger partial charge in [0.05, 0.1) is 14.2 Å². The largest absolute Gasteiger partial charge is 2.00 e. The second-order valence-electron chi connectivity index (χ2n) is 3.40. The minimum Gasteiger partial charge on any atom is 2.00 e. The van der Waals surface area contributed by atoms with E-state index < -0.39 is 28.8 Å². The Kier molecular flexibility index (Phi) is 36.2. The quantitative estimate of drug-likeness (QED) is 0.155. The monoisotopic (exact) mass is 386 g/mol. The zero-order valence-electron chi connectivity index (χ0n) is 13.1. The van der Waals surface area contributed by atoms with Crippen molar-refractivity contribution in [2.24, 2.45) is 5.92 Å². The van der Waals surface area contributed by atoms with E-state index in [0.717, 1.165) is 13.5 Å². The smallest absolute Gasteiger partial charge is 2.00 e. The van der Waals surface area contributed by atoms with Crippen molar-refractivity contribution in [2.45, 2.75) is 25.8 Å². The summed E-state index contributed by atoms with van der Waals surface area (Å²) in [6, 6.07) is -1.57. The SMILES string of the molecule is CCC[C@H]([CH-]C(=O)OC)[C@@H](C(=O)OC)[N+](=O)[O-].[C-]#[O+].[C-]#[O+].[C-]#[O+].[Fe+2]. The molecule has 0 bridgehead atoms. The van der Waals surface area contributed by atoms with Gasteiger partial charge in [-0.1, -0.05) is 25.7 Å². The molecule has 0 aromatic heterocycles. The summed E-state index contributed by atoms with van der Waals surface area (Å²) in [4.78, 5) is 32.5. The second-order valence-corrected chi connectivity index (χ2v) is 3.40. The van der Waals surface area contributed by atoms with Gasteiger partial charge in [0.25, 0.3) is 6.04 Å². The van der Waals surface area contributed by atoms with Gasteiger partial charge < -0.3 is 9.47 Å². The van der Waals surface area contributed by atoms with Gasteiger partial charge in [0.1, 0.15) is 0 Å². The molecule has 2 atom stereocenters. The normalized spacial score (nSPS) is 9.71.